The molecule has 0 aromatic carbocycles. The number of carbonyl (C=O) groups is 2. The molecule has 4 aliphatic carbocycles. The van der Waals surface area contributed by atoms with E-state index in [4.69, 9.17) is 9.47 Å². The van der Waals surface area contributed by atoms with Crippen LogP contribution in [0.1, 0.15) is 39.5 Å². The van der Waals surface area contributed by atoms with Crippen molar-refractivity contribution in [2.45, 2.75) is 69.5 Å². The summed E-state index contributed by atoms with van der Waals surface area (Å²) in [6, 6.07) is 0. The third-order valence-electron chi connectivity index (χ3n) is 8.98. The van der Waals surface area contributed by atoms with Gasteiger partial charge in [-0.2, -0.15) is 0 Å². The average molecular weight is 376 g/mol. The molecular weight excluding hydrogens is 352 g/mol. The van der Waals surface area contributed by atoms with Crippen molar-refractivity contribution in [2.75, 3.05) is 0 Å². The minimum absolute atomic E-state index is 0.167. The van der Waals surface area contributed by atoms with E-state index in [0.29, 0.717) is 31.3 Å². The lowest BCUT2D eigenvalue weighted by atomic mass is 9.44. The highest BCUT2D eigenvalue weighted by Crippen LogP contribution is 2.73. The summed E-state index contributed by atoms with van der Waals surface area (Å²) in [4.78, 5) is 26.0. The zero-order valence-electron chi connectivity index (χ0n) is 15.3. The van der Waals surface area contributed by atoms with Gasteiger partial charge in [0.05, 0.1) is 16.9 Å². The maximum atomic E-state index is 13.0. The first-order valence-electron chi connectivity index (χ1n) is 9.91. The topological polar surface area (TPSA) is 113 Å². The second-order valence-corrected chi connectivity index (χ2v) is 9.75. The Morgan fingerprint density at radius 3 is 2.59 bits per heavy atom. The summed E-state index contributed by atoms with van der Waals surface area (Å²) in [5.74, 6) is -1.32. The highest BCUT2D eigenvalue weighted by Gasteiger charge is 2.77. The molecule has 7 rings (SSSR count). The molecule has 27 heavy (non-hydrogen) atoms. The van der Waals surface area contributed by atoms with Gasteiger partial charge in [-0.15, -0.1) is 0 Å². The quantitative estimate of drug-likeness (QED) is 0.405. The molecule has 5 fully saturated rings. The van der Waals surface area contributed by atoms with Crippen molar-refractivity contribution in [2.24, 2.45) is 28.6 Å². The molecule has 3 N–H and O–H groups in total. The van der Waals surface area contributed by atoms with Crippen LogP contribution in [0.15, 0.2) is 11.1 Å². The van der Waals surface area contributed by atoms with Crippen molar-refractivity contribution in [3.63, 3.8) is 0 Å². The number of ether oxygens (including phenoxy) is 2. The first kappa shape index (κ1) is 16.5. The first-order valence-corrected chi connectivity index (χ1v) is 9.91. The molecule has 0 aromatic rings. The van der Waals surface area contributed by atoms with Crippen molar-refractivity contribution in [3.8, 4) is 0 Å². The smallest absolute Gasteiger partial charge is 0.316 e. The number of aliphatic hydroxyl groups is 3. The molecule has 2 spiro atoms. The minimum atomic E-state index is -1.53. The number of fused-ring (bicyclic) bond motifs is 3. The fourth-order valence-corrected chi connectivity index (χ4v) is 7.60. The van der Waals surface area contributed by atoms with Crippen LogP contribution in [0.5, 0.6) is 0 Å². The van der Waals surface area contributed by atoms with Gasteiger partial charge in [0.2, 0.25) is 0 Å². The molecule has 0 radical (unpaired) electrons. The number of aliphatic hydroxyl groups excluding tert-OH is 2. The standard InChI is InChI=1S/C20H24O7/c1-7-13(21)14-8-5-9-12-11(8)20(7,17(24)27-14)4-3-19(12)6-10(26-16(19)23)15(22)18(9,2)25/h7-8,10-11,13-15,21-22,25H,3-6H2,1-2H3/t7?,8-,10+,11-,13?,14?,15-,18-,19-,20?/m0/s1. The summed E-state index contributed by atoms with van der Waals surface area (Å²) in [5, 5.41) is 32.9. The summed E-state index contributed by atoms with van der Waals surface area (Å²) in [7, 11) is 0. The molecule has 2 saturated carbocycles. The number of hydrogen-bond acceptors (Lipinski definition) is 7. The molecule has 7 heteroatoms. The summed E-state index contributed by atoms with van der Waals surface area (Å²) >= 11 is 0. The van der Waals surface area contributed by atoms with Crippen molar-refractivity contribution in [1.29, 1.82) is 0 Å². The maximum Gasteiger partial charge on any atom is 0.316 e. The zero-order valence-corrected chi connectivity index (χ0v) is 15.3. The van der Waals surface area contributed by atoms with Gasteiger partial charge >= 0.3 is 11.9 Å². The van der Waals surface area contributed by atoms with Gasteiger partial charge in [-0.1, -0.05) is 6.92 Å². The second-order valence-electron chi connectivity index (χ2n) is 9.75. The van der Waals surface area contributed by atoms with E-state index in [-0.39, 0.29) is 29.7 Å². The molecule has 4 bridgehead atoms. The first-order chi connectivity index (χ1) is 12.7. The second kappa shape index (κ2) is 4.42. The average Bonchev–Trinajstić information content (AvgIpc) is 3.16. The Bertz CT molecular complexity index is 830. The Balaban J connectivity index is 1.65. The molecule has 4 unspecified atom stereocenters. The molecule has 10 atom stereocenters. The van der Waals surface area contributed by atoms with E-state index in [1.54, 1.807) is 6.92 Å². The number of rotatable bonds is 0. The van der Waals surface area contributed by atoms with Crippen LogP contribution in [-0.2, 0) is 19.1 Å². The number of hydrogen-bond donors (Lipinski definition) is 3. The molecule has 3 saturated heterocycles. The van der Waals surface area contributed by atoms with Crippen LogP contribution < -0.4 is 0 Å². The SMILES string of the molecule is CC1C(O)C2OC(=O)C13CC[C@@]14C[C@@H](OC1=O)[C@H](O)[C@@](C)(O)C1=C4[C@@H]3[C@@H]2C1. The molecular formula is C20H24O7. The Morgan fingerprint density at radius 1 is 1.11 bits per heavy atom. The van der Waals surface area contributed by atoms with Gasteiger partial charge in [-0.05, 0) is 37.3 Å². The van der Waals surface area contributed by atoms with Gasteiger partial charge in [0.1, 0.15) is 23.9 Å². The van der Waals surface area contributed by atoms with Crippen molar-refractivity contribution in [3.05, 3.63) is 11.1 Å². The van der Waals surface area contributed by atoms with Gasteiger partial charge in [0.15, 0.2) is 0 Å². The minimum Gasteiger partial charge on any atom is -0.459 e. The van der Waals surface area contributed by atoms with Gasteiger partial charge in [0, 0.05) is 24.2 Å². The Labute approximate surface area is 156 Å². The third-order valence-corrected chi connectivity index (χ3v) is 8.98. The normalized spacial score (nSPS) is 60.1. The van der Waals surface area contributed by atoms with E-state index < -0.39 is 40.8 Å². The predicted octanol–water partition coefficient (Wildman–Crippen LogP) is 0.0627. The Morgan fingerprint density at radius 2 is 1.85 bits per heavy atom. The zero-order chi connectivity index (χ0) is 19.1. The van der Waals surface area contributed by atoms with Crippen LogP contribution in [0.4, 0.5) is 0 Å². The lowest BCUT2D eigenvalue weighted by Gasteiger charge is -2.62. The van der Waals surface area contributed by atoms with Gasteiger partial charge < -0.3 is 24.8 Å². The van der Waals surface area contributed by atoms with E-state index in [9.17, 15) is 24.9 Å². The molecule has 3 heterocycles. The van der Waals surface area contributed by atoms with Crippen LogP contribution >= 0.6 is 0 Å². The Kier molecular flexibility index (Phi) is 2.70. The highest BCUT2D eigenvalue weighted by atomic mass is 16.6. The number of esters is 2. The Hall–Kier alpha value is -1.44. The molecule has 7 nitrogen and oxygen atoms in total. The molecule has 3 aliphatic heterocycles. The molecule has 7 aliphatic rings. The van der Waals surface area contributed by atoms with Gasteiger partial charge in [-0.25, -0.2) is 0 Å². The van der Waals surface area contributed by atoms with Crippen LogP contribution in [0.25, 0.3) is 0 Å². The van der Waals surface area contributed by atoms with E-state index >= 15 is 0 Å². The summed E-state index contributed by atoms with van der Waals surface area (Å²) in [6.45, 7) is 3.47. The predicted molar refractivity (Wildman–Crippen MR) is 88.9 cm³/mol. The highest BCUT2D eigenvalue weighted by molar-refractivity contribution is 5.88. The number of carbonyl (C=O) groups excluding carboxylic acids is 2. The molecule has 146 valence electrons. The van der Waals surface area contributed by atoms with Crippen molar-refractivity contribution >= 4 is 11.9 Å². The van der Waals surface area contributed by atoms with Crippen LogP contribution in [0, 0.1) is 28.6 Å². The van der Waals surface area contributed by atoms with Crippen LogP contribution in [0.3, 0.4) is 0 Å². The lowest BCUT2D eigenvalue weighted by Crippen LogP contribution is -2.69. The summed E-state index contributed by atoms with van der Waals surface area (Å²) in [6.07, 6.45) is -1.68. The lowest BCUT2D eigenvalue weighted by molar-refractivity contribution is -0.248. The monoisotopic (exact) mass is 376 g/mol. The van der Waals surface area contributed by atoms with E-state index in [1.165, 1.54) is 0 Å². The third kappa shape index (κ3) is 1.46. The fourth-order valence-electron chi connectivity index (χ4n) is 7.60. The summed E-state index contributed by atoms with van der Waals surface area (Å²) in [5.41, 5.74) is -1.79. The van der Waals surface area contributed by atoms with Crippen molar-refractivity contribution < 1.29 is 34.4 Å². The fraction of sp³-hybridized carbons (Fsp3) is 0.800. The van der Waals surface area contributed by atoms with Crippen LogP contribution in [-0.4, -0.2) is 57.3 Å². The van der Waals surface area contributed by atoms with Crippen LogP contribution in [0.2, 0.25) is 0 Å². The van der Waals surface area contributed by atoms with E-state index in [2.05, 4.69) is 0 Å². The van der Waals surface area contributed by atoms with Gasteiger partial charge in [-0.3, -0.25) is 9.59 Å². The van der Waals surface area contributed by atoms with Gasteiger partial charge in [0.25, 0.3) is 0 Å². The summed E-state index contributed by atoms with van der Waals surface area (Å²) < 4.78 is 11.2. The molecule has 0 aromatic heterocycles. The maximum absolute atomic E-state index is 13.0. The largest absolute Gasteiger partial charge is 0.459 e. The van der Waals surface area contributed by atoms with E-state index in [0.717, 1.165) is 5.57 Å². The van der Waals surface area contributed by atoms with Crippen molar-refractivity contribution in [1.82, 2.24) is 0 Å². The molecule has 0 amide bonds. The van der Waals surface area contributed by atoms with E-state index in [1.807, 2.05) is 6.92 Å².